The van der Waals surface area contributed by atoms with Gasteiger partial charge in [-0.3, -0.25) is 0 Å². The summed E-state index contributed by atoms with van der Waals surface area (Å²) in [4.78, 5) is 0. The molecular formula is C9H9BrF2O2. The summed E-state index contributed by atoms with van der Waals surface area (Å²) < 4.78 is 26.6. The van der Waals surface area contributed by atoms with Crippen LogP contribution in [0.2, 0.25) is 0 Å². The number of aliphatic hydroxyl groups is 2. The monoisotopic (exact) mass is 266 g/mol. The first-order valence-corrected chi connectivity index (χ1v) is 4.79. The normalized spacial score (nSPS) is 12.9. The predicted molar refractivity (Wildman–Crippen MR) is 50.7 cm³/mol. The molecule has 0 aromatic heterocycles. The third kappa shape index (κ3) is 2.50. The Morgan fingerprint density at radius 1 is 1.29 bits per heavy atom. The molecule has 2 nitrogen and oxygen atoms in total. The van der Waals surface area contributed by atoms with Gasteiger partial charge in [0, 0.05) is 17.5 Å². The fraction of sp³-hybridized carbons (Fsp3) is 0.333. The summed E-state index contributed by atoms with van der Waals surface area (Å²) in [7, 11) is 0. The van der Waals surface area contributed by atoms with Crippen molar-refractivity contribution in [2.24, 2.45) is 0 Å². The number of hydrogen-bond acceptors (Lipinski definition) is 2. The Morgan fingerprint density at radius 2 is 1.79 bits per heavy atom. The molecule has 14 heavy (non-hydrogen) atoms. The lowest BCUT2D eigenvalue weighted by molar-refractivity contribution is 0.127. The number of benzene rings is 1. The van der Waals surface area contributed by atoms with Crippen molar-refractivity contribution >= 4 is 15.9 Å². The third-order valence-electron chi connectivity index (χ3n) is 1.78. The molecule has 0 saturated heterocycles. The van der Waals surface area contributed by atoms with Gasteiger partial charge in [-0.25, -0.2) is 8.78 Å². The van der Waals surface area contributed by atoms with E-state index < -0.39 is 23.3 Å². The van der Waals surface area contributed by atoms with E-state index in [9.17, 15) is 13.9 Å². The van der Waals surface area contributed by atoms with Crippen LogP contribution in [0.4, 0.5) is 8.78 Å². The van der Waals surface area contributed by atoms with Gasteiger partial charge in [-0.05, 0) is 12.1 Å². The number of halogens is 3. The Labute approximate surface area is 88.3 Å². The summed E-state index contributed by atoms with van der Waals surface area (Å²) in [6.07, 6.45) is -1.40. The molecule has 0 aliphatic rings. The van der Waals surface area contributed by atoms with Crippen molar-refractivity contribution < 1.29 is 19.0 Å². The zero-order valence-electron chi connectivity index (χ0n) is 7.17. The second-order valence-electron chi connectivity index (χ2n) is 2.81. The maximum Gasteiger partial charge on any atom is 0.133 e. The molecule has 0 saturated carbocycles. The molecule has 78 valence electrons. The standard InChI is InChI=1S/C9H9BrF2O2/c10-5-3-6(11)9(7(12)4-5)8(14)1-2-13/h3-4,8,13-14H,1-2H2. The smallest absolute Gasteiger partial charge is 0.133 e. The lowest BCUT2D eigenvalue weighted by Gasteiger charge is -2.11. The first kappa shape index (κ1) is 11.6. The number of rotatable bonds is 3. The van der Waals surface area contributed by atoms with Crippen molar-refractivity contribution in [1.82, 2.24) is 0 Å². The zero-order chi connectivity index (χ0) is 10.7. The summed E-state index contributed by atoms with van der Waals surface area (Å²) in [6, 6.07) is 2.14. The molecule has 5 heteroatoms. The SMILES string of the molecule is OCCC(O)c1c(F)cc(Br)cc1F. The van der Waals surface area contributed by atoms with Crippen molar-refractivity contribution in [1.29, 1.82) is 0 Å². The molecule has 0 radical (unpaired) electrons. The summed E-state index contributed by atoms with van der Waals surface area (Å²) in [5, 5.41) is 17.8. The highest BCUT2D eigenvalue weighted by molar-refractivity contribution is 9.10. The van der Waals surface area contributed by atoms with E-state index in [1.54, 1.807) is 0 Å². The van der Waals surface area contributed by atoms with Crippen LogP contribution in [-0.2, 0) is 0 Å². The minimum atomic E-state index is -1.31. The Bertz CT molecular complexity index is 308. The highest BCUT2D eigenvalue weighted by atomic mass is 79.9. The van der Waals surface area contributed by atoms with Gasteiger partial charge in [0.1, 0.15) is 11.6 Å². The van der Waals surface area contributed by atoms with Crippen LogP contribution in [0.3, 0.4) is 0 Å². The van der Waals surface area contributed by atoms with E-state index in [1.807, 2.05) is 0 Å². The maximum atomic E-state index is 13.2. The van der Waals surface area contributed by atoms with E-state index in [1.165, 1.54) is 0 Å². The van der Waals surface area contributed by atoms with Crippen molar-refractivity contribution in [2.75, 3.05) is 6.61 Å². The Hall–Kier alpha value is -0.520. The largest absolute Gasteiger partial charge is 0.396 e. The van der Waals surface area contributed by atoms with Crippen LogP contribution in [0, 0.1) is 11.6 Å². The molecule has 1 aromatic carbocycles. The second kappa shape index (κ2) is 4.82. The van der Waals surface area contributed by atoms with Crippen LogP contribution in [-0.4, -0.2) is 16.8 Å². The fourth-order valence-corrected chi connectivity index (χ4v) is 1.54. The molecule has 2 N–H and O–H groups in total. The topological polar surface area (TPSA) is 40.5 Å². The lowest BCUT2D eigenvalue weighted by atomic mass is 10.1. The van der Waals surface area contributed by atoms with Gasteiger partial charge in [-0.1, -0.05) is 15.9 Å². The molecule has 1 rings (SSSR count). The molecule has 1 unspecified atom stereocenters. The predicted octanol–water partition coefficient (Wildman–Crippen LogP) is 2.14. The van der Waals surface area contributed by atoms with Crippen LogP contribution in [0.25, 0.3) is 0 Å². The first-order valence-electron chi connectivity index (χ1n) is 3.99. The fourth-order valence-electron chi connectivity index (χ4n) is 1.14. The summed E-state index contributed by atoms with van der Waals surface area (Å²) in [5.74, 6) is -1.64. The Balaban J connectivity index is 3.07. The molecule has 0 fully saturated rings. The van der Waals surface area contributed by atoms with Gasteiger partial charge in [-0.15, -0.1) is 0 Å². The molecule has 0 heterocycles. The van der Waals surface area contributed by atoms with Gasteiger partial charge in [0.05, 0.1) is 11.7 Å². The molecule has 1 atom stereocenters. The Morgan fingerprint density at radius 3 is 2.21 bits per heavy atom. The van der Waals surface area contributed by atoms with Gasteiger partial charge in [0.25, 0.3) is 0 Å². The van der Waals surface area contributed by atoms with E-state index in [2.05, 4.69) is 15.9 Å². The van der Waals surface area contributed by atoms with E-state index in [-0.39, 0.29) is 17.5 Å². The maximum absolute atomic E-state index is 13.2. The van der Waals surface area contributed by atoms with Crippen LogP contribution in [0.5, 0.6) is 0 Å². The molecule has 0 bridgehead atoms. The summed E-state index contributed by atoms with van der Waals surface area (Å²) >= 11 is 2.92. The van der Waals surface area contributed by atoms with E-state index in [0.717, 1.165) is 12.1 Å². The van der Waals surface area contributed by atoms with Crippen molar-refractivity contribution in [3.8, 4) is 0 Å². The van der Waals surface area contributed by atoms with Gasteiger partial charge in [0.2, 0.25) is 0 Å². The molecule has 1 aromatic rings. The van der Waals surface area contributed by atoms with Gasteiger partial charge >= 0.3 is 0 Å². The van der Waals surface area contributed by atoms with Gasteiger partial charge in [-0.2, -0.15) is 0 Å². The van der Waals surface area contributed by atoms with Crippen molar-refractivity contribution in [2.45, 2.75) is 12.5 Å². The minimum Gasteiger partial charge on any atom is -0.396 e. The molecule has 0 aliphatic carbocycles. The average molecular weight is 267 g/mol. The lowest BCUT2D eigenvalue weighted by Crippen LogP contribution is -2.06. The van der Waals surface area contributed by atoms with Crippen LogP contribution in [0.15, 0.2) is 16.6 Å². The molecular weight excluding hydrogens is 258 g/mol. The van der Waals surface area contributed by atoms with Gasteiger partial charge in [0.15, 0.2) is 0 Å². The van der Waals surface area contributed by atoms with E-state index in [4.69, 9.17) is 5.11 Å². The van der Waals surface area contributed by atoms with Crippen LogP contribution >= 0.6 is 15.9 Å². The highest BCUT2D eigenvalue weighted by Gasteiger charge is 2.18. The van der Waals surface area contributed by atoms with E-state index in [0.29, 0.717) is 0 Å². The summed E-state index contributed by atoms with van der Waals surface area (Å²) in [6.45, 7) is -0.323. The minimum absolute atomic E-state index is 0.0878. The van der Waals surface area contributed by atoms with Crippen LogP contribution < -0.4 is 0 Å². The average Bonchev–Trinajstić information content (AvgIpc) is 2.01. The number of aliphatic hydroxyl groups excluding tert-OH is 2. The second-order valence-corrected chi connectivity index (χ2v) is 3.73. The summed E-state index contributed by atoms with van der Waals surface area (Å²) in [5.41, 5.74) is -0.401. The Kier molecular flexibility index (Phi) is 3.97. The first-order chi connectivity index (χ1) is 6.56. The molecule has 0 amide bonds. The zero-order valence-corrected chi connectivity index (χ0v) is 8.76. The van der Waals surface area contributed by atoms with Crippen molar-refractivity contribution in [3.63, 3.8) is 0 Å². The molecule has 0 aliphatic heterocycles. The highest BCUT2D eigenvalue weighted by Crippen LogP contribution is 2.26. The van der Waals surface area contributed by atoms with E-state index >= 15 is 0 Å². The van der Waals surface area contributed by atoms with Gasteiger partial charge < -0.3 is 10.2 Å². The number of hydrogen-bond donors (Lipinski definition) is 2. The molecule has 0 spiro atoms. The van der Waals surface area contributed by atoms with Crippen LogP contribution in [0.1, 0.15) is 18.1 Å². The third-order valence-corrected chi connectivity index (χ3v) is 2.24. The van der Waals surface area contributed by atoms with Crippen molar-refractivity contribution in [3.05, 3.63) is 33.8 Å². The quantitative estimate of drug-likeness (QED) is 0.880.